The van der Waals surface area contributed by atoms with Crippen LogP contribution in [0.25, 0.3) is 28.1 Å². The third-order valence-electron chi connectivity index (χ3n) is 5.34. The van der Waals surface area contributed by atoms with Crippen molar-refractivity contribution in [3.05, 3.63) is 83.9 Å². The molecular formula is C25H23F3N4O3. The molecule has 0 saturated carbocycles. The fraction of sp³-hybridized carbons (Fsp3) is 0.200. The van der Waals surface area contributed by atoms with Gasteiger partial charge in [0.2, 0.25) is 5.89 Å². The number of hydrogen-bond acceptors (Lipinski definition) is 7. The van der Waals surface area contributed by atoms with Crippen LogP contribution in [0.2, 0.25) is 0 Å². The van der Waals surface area contributed by atoms with Gasteiger partial charge in [0, 0.05) is 17.4 Å². The van der Waals surface area contributed by atoms with Gasteiger partial charge in [-0.25, -0.2) is 9.97 Å². The van der Waals surface area contributed by atoms with Crippen molar-refractivity contribution in [3.8, 4) is 17.2 Å². The van der Waals surface area contributed by atoms with Gasteiger partial charge in [-0.2, -0.15) is 13.2 Å². The maximum absolute atomic E-state index is 13.2. The molecule has 1 atom stereocenters. The summed E-state index contributed by atoms with van der Waals surface area (Å²) in [6.07, 6.45) is -5.22. The van der Waals surface area contributed by atoms with E-state index in [9.17, 15) is 18.3 Å². The maximum atomic E-state index is 13.2. The number of nitrogens with one attached hydrogen (secondary N) is 1. The molecule has 2 aromatic heterocycles. The molecular weight excluding hydrogens is 461 g/mol. The molecule has 4 rings (SSSR count). The summed E-state index contributed by atoms with van der Waals surface area (Å²) in [5.74, 6) is 0.596. The van der Waals surface area contributed by atoms with Crippen molar-refractivity contribution in [2.75, 3.05) is 7.11 Å². The number of aromatic nitrogens is 2. The van der Waals surface area contributed by atoms with Crippen LogP contribution < -0.4 is 15.8 Å². The van der Waals surface area contributed by atoms with E-state index in [-0.39, 0.29) is 23.7 Å². The van der Waals surface area contributed by atoms with E-state index >= 15 is 0 Å². The zero-order chi connectivity index (χ0) is 25.2. The van der Waals surface area contributed by atoms with Crippen molar-refractivity contribution in [1.82, 2.24) is 15.3 Å². The predicted octanol–water partition coefficient (Wildman–Crippen LogP) is 4.50. The summed E-state index contributed by atoms with van der Waals surface area (Å²) in [5.41, 5.74) is 6.74. The highest BCUT2D eigenvalue weighted by atomic mass is 19.4. The van der Waals surface area contributed by atoms with E-state index in [2.05, 4.69) is 21.9 Å². The normalized spacial score (nSPS) is 12.5. The van der Waals surface area contributed by atoms with Gasteiger partial charge in [0.1, 0.15) is 34.6 Å². The minimum absolute atomic E-state index is 0.0115. The first-order valence-corrected chi connectivity index (χ1v) is 10.6. The molecule has 0 saturated heterocycles. The second-order valence-corrected chi connectivity index (χ2v) is 7.73. The molecule has 0 spiro atoms. The second-order valence-electron chi connectivity index (χ2n) is 7.73. The Hall–Kier alpha value is -3.89. The number of nitrogens with zero attached hydrogens (tertiary/aromatic N) is 2. The summed E-state index contributed by atoms with van der Waals surface area (Å²) in [6, 6.07) is 14.7. The number of rotatable bonds is 8. The zero-order valence-electron chi connectivity index (χ0n) is 18.8. The zero-order valence-corrected chi connectivity index (χ0v) is 18.8. The molecule has 0 aliphatic carbocycles. The third kappa shape index (κ3) is 5.13. The topological polar surface area (TPSA) is 106 Å². The van der Waals surface area contributed by atoms with Gasteiger partial charge in [0.25, 0.3) is 0 Å². The minimum Gasteiger partial charge on any atom is -0.494 e. The van der Waals surface area contributed by atoms with E-state index in [0.29, 0.717) is 34.5 Å². The quantitative estimate of drug-likeness (QED) is 0.316. The highest BCUT2D eigenvalue weighted by Crippen LogP contribution is 2.37. The molecule has 0 fully saturated rings. The van der Waals surface area contributed by atoms with Gasteiger partial charge in [-0.1, -0.05) is 36.9 Å². The Bertz CT molecular complexity index is 1350. The molecule has 10 heteroatoms. The van der Waals surface area contributed by atoms with Gasteiger partial charge < -0.3 is 25.3 Å². The molecule has 2 heterocycles. The summed E-state index contributed by atoms with van der Waals surface area (Å²) in [5, 5.41) is 13.7. The minimum atomic E-state index is -4.61. The summed E-state index contributed by atoms with van der Waals surface area (Å²) >= 11 is 0. The maximum Gasteiger partial charge on any atom is 0.433 e. The molecule has 4 aromatic rings. The second kappa shape index (κ2) is 9.77. The van der Waals surface area contributed by atoms with Crippen molar-refractivity contribution in [2.24, 2.45) is 5.73 Å². The van der Waals surface area contributed by atoms with Crippen molar-refractivity contribution in [1.29, 1.82) is 0 Å². The Morgan fingerprint density at radius 2 is 1.89 bits per heavy atom. The highest BCUT2D eigenvalue weighted by Gasteiger charge is 2.33. The number of fused-ring (bicyclic) bond motifs is 1. The number of aliphatic hydroxyl groups excluding tert-OH is 1. The van der Waals surface area contributed by atoms with Crippen molar-refractivity contribution < 1.29 is 27.4 Å². The molecule has 4 N–H and O–H groups in total. The SMILES string of the molecule is C=C(NC(O)Cc1ccccc1)c1nc(-c2ccc(OC)c3nc(C(F)(F)F)ccc23)oc1CN. The van der Waals surface area contributed by atoms with Crippen LogP contribution in [0.15, 0.2) is 65.6 Å². The van der Waals surface area contributed by atoms with Crippen molar-refractivity contribution in [2.45, 2.75) is 25.4 Å². The number of aliphatic hydroxyl groups is 1. The molecule has 182 valence electrons. The number of nitrogens with two attached hydrogens (primary N) is 1. The number of hydrogen-bond donors (Lipinski definition) is 3. The van der Waals surface area contributed by atoms with Crippen LogP contribution in [0.5, 0.6) is 5.75 Å². The standard InChI is InChI=1S/C25H23F3N4O3/c1-14(30-21(33)12-15-6-4-3-5-7-15)22-19(13-29)35-24(32-22)17-8-10-18(34-2)23-16(17)9-11-20(31-23)25(26,27)28/h3-11,21,30,33H,1,12-13,29H2,2H3. The third-order valence-corrected chi connectivity index (χ3v) is 5.34. The van der Waals surface area contributed by atoms with E-state index in [0.717, 1.165) is 11.6 Å². The van der Waals surface area contributed by atoms with Gasteiger partial charge in [0.15, 0.2) is 0 Å². The van der Waals surface area contributed by atoms with Crippen LogP contribution in [-0.2, 0) is 19.1 Å². The van der Waals surface area contributed by atoms with Crippen molar-refractivity contribution >= 4 is 16.6 Å². The largest absolute Gasteiger partial charge is 0.494 e. The average Bonchev–Trinajstić information content (AvgIpc) is 3.27. The van der Waals surface area contributed by atoms with Crippen LogP contribution >= 0.6 is 0 Å². The molecule has 0 radical (unpaired) electrons. The van der Waals surface area contributed by atoms with Gasteiger partial charge in [-0.05, 0) is 29.8 Å². The molecule has 0 aliphatic heterocycles. The molecule has 35 heavy (non-hydrogen) atoms. The molecule has 1 unspecified atom stereocenters. The van der Waals surface area contributed by atoms with Crippen LogP contribution in [0.1, 0.15) is 22.7 Å². The lowest BCUT2D eigenvalue weighted by atomic mass is 10.1. The summed E-state index contributed by atoms with van der Waals surface area (Å²) in [4.78, 5) is 8.24. The van der Waals surface area contributed by atoms with Gasteiger partial charge in [0.05, 0.1) is 19.4 Å². The first-order valence-electron chi connectivity index (χ1n) is 10.6. The molecule has 7 nitrogen and oxygen atoms in total. The summed E-state index contributed by atoms with van der Waals surface area (Å²) < 4.78 is 50.7. The Labute approximate surface area is 199 Å². The monoisotopic (exact) mass is 484 g/mol. The van der Waals surface area contributed by atoms with Gasteiger partial charge in [-0.3, -0.25) is 0 Å². The van der Waals surface area contributed by atoms with E-state index in [1.54, 1.807) is 6.07 Å². The first kappa shape index (κ1) is 24.2. The number of halogens is 3. The van der Waals surface area contributed by atoms with Crippen LogP contribution in [-0.4, -0.2) is 28.4 Å². The van der Waals surface area contributed by atoms with Crippen LogP contribution in [0.3, 0.4) is 0 Å². The van der Waals surface area contributed by atoms with Gasteiger partial charge >= 0.3 is 6.18 Å². The lowest BCUT2D eigenvalue weighted by Gasteiger charge is -2.15. The number of ether oxygens (including phenoxy) is 1. The Morgan fingerprint density at radius 1 is 1.14 bits per heavy atom. The van der Waals surface area contributed by atoms with Crippen LogP contribution in [0.4, 0.5) is 13.2 Å². The Morgan fingerprint density at radius 3 is 2.54 bits per heavy atom. The van der Waals surface area contributed by atoms with Crippen molar-refractivity contribution in [3.63, 3.8) is 0 Å². The van der Waals surface area contributed by atoms with E-state index < -0.39 is 18.1 Å². The molecule has 0 bridgehead atoms. The lowest BCUT2D eigenvalue weighted by Crippen LogP contribution is -2.29. The number of pyridine rings is 1. The predicted molar refractivity (Wildman–Crippen MR) is 125 cm³/mol. The average molecular weight is 484 g/mol. The summed E-state index contributed by atoms with van der Waals surface area (Å²) in [6.45, 7) is 3.93. The van der Waals surface area contributed by atoms with E-state index in [1.807, 2.05) is 30.3 Å². The molecule has 0 amide bonds. The number of methoxy groups -OCH3 is 1. The van der Waals surface area contributed by atoms with E-state index in [4.69, 9.17) is 14.9 Å². The summed E-state index contributed by atoms with van der Waals surface area (Å²) in [7, 11) is 1.35. The van der Waals surface area contributed by atoms with Crippen LogP contribution in [0, 0.1) is 0 Å². The smallest absolute Gasteiger partial charge is 0.433 e. The highest BCUT2D eigenvalue weighted by molar-refractivity contribution is 5.96. The van der Waals surface area contributed by atoms with E-state index in [1.165, 1.54) is 19.2 Å². The first-order chi connectivity index (χ1) is 16.7. The Balaban J connectivity index is 1.68. The fourth-order valence-corrected chi connectivity index (χ4v) is 3.70. The number of benzene rings is 2. The molecule has 0 aliphatic rings. The number of alkyl halides is 3. The fourth-order valence-electron chi connectivity index (χ4n) is 3.70. The van der Waals surface area contributed by atoms with Gasteiger partial charge in [-0.15, -0.1) is 0 Å². The number of oxazole rings is 1. The lowest BCUT2D eigenvalue weighted by molar-refractivity contribution is -0.140. The molecule has 2 aromatic carbocycles. The Kier molecular flexibility index (Phi) is 6.77.